The van der Waals surface area contributed by atoms with E-state index in [0.717, 1.165) is 60.6 Å². The van der Waals surface area contributed by atoms with Crippen molar-refractivity contribution >= 4 is 23.1 Å². The second kappa shape index (κ2) is 10.8. The maximum atomic E-state index is 4.66. The summed E-state index contributed by atoms with van der Waals surface area (Å²) >= 11 is 1.69. The van der Waals surface area contributed by atoms with Gasteiger partial charge in [0.2, 0.25) is 0 Å². The SMILES string of the molecule is CCNC(=NCc1ccc(N(CC)CC)nc1)NCCc1csc(C)n1. The van der Waals surface area contributed by atoms with Gasteiger partial charge in [-0.2, -0.15) is 0 Å². The molecule has 2 heterocycles. The van der Waals surface area contributed by atoms with Crippen LogP contribution < -0.4 is 15.5 Å². The number of hydrogen-bond donors (Lipinski definition) is 2. The van der Waals surface area contributed by atoms with E-state index in [1.54, 1.807) is 11.3 Å². The van der Waals surface area contributed by atoms with Gasteiger partial charge in [0.25, 0.3) is 0 Å². The van der Waals surface area contributed by atoms with Gasteiger partial charge in [0.1, 0.15) is 5.82 Å². The molecule has 0 fully saturated rings. The Morgan fingerprint density at radius 2 is 2.00 bits per heavy atom. The first-order valence-electron chi connectivity index (χ1n) is 9.29. The predicted molar refractivity (Wildman–Crippen MR) is 111 cm³/mol. The van der Waals surface area contributed by atoms with E-state index in [-0.39, 0.29) is 0 Å². The molecule has 0 atom stereocenters. The number of rotatable bonds is 9. The number of pyridine rings is 1. The van der Waals surface area contributed by atoms with Crippen LogP contribution in [0.25, 0.3) is 0 Å². The quantitative estimate of drug-likeness (QED) is 0.522. The Kier molecular flexibility index (Phi) is 8.34. The average Bonchev–Trinajstić information content (AvgIpc) is 3.07. The summed E-state index contributed by atoms with van der Waals surface area (Å²) in [4.78, 5) is 15.9. The zero-order valence-electron chi connectivity index (χ0n) is 16.2. The Morgan fingerprint density at radius 3 is 2.58 bits per heavy atom. The Hall–Kier alpha value is -2.15. The molecule has 0 aliphatic rings. The Labute approximate surface area is 160 Å². The standard InChI is InChI=1S/C19H30N6S/c1-5-20-19(21-11-10-17-14-26-15(4)24-17)23-13-16-8-9-18(22-12-16)25(6-2)7-3/h8-9,12,14H,5-7,10-11,13H2,1-4H3,(H2,20,21,23). The fourth-order valence-electron chi connectivity index (χ4n) is 2.59. The minimum absolute atomic E-state index is 0.608. The highest BCUT2D eigenvalue weighted by atomic mass is 32.1. The lowest BCUT2D eigenvalue weighted by molar-refractivity contribution is 0.789. The fraction of sp³-hybridized carbons (Fsp3) is 0.526. The number of aromatic nitrogens is 2. The Balaban J connectivity index is 1.88. The van der Waals surface area contributed by atoms with Gasteiger partial charge in [-0.3, -0.25) is 0 Å². The minimum Gasteiger partial charge on any atom is -0.357 e. The fourth-order valence-corrected chi connectivity index (χ4v) is 3.24. The zero-order chi connectivity index (χ0) is 18.8. The van der Waals surface area contributed by atoms with Gasteiger partial charge in [-0.25, -0.2) is 15.0 Å². The third-order valence-electron chi connectivity index (χ3n) is 4.00. The molecule has 0 saturated heterocycles. The van der Waals surface area contributed by atoms with Crippen LogP contribution in [0.15, 0.2) is 28.7 Å². The van der Waals surface area contributed by atoms with Crippen molar-refractivity contribution in [1.82, 2.24) is 20.6 Å². The Bertz CT molecular complexity index is 676. The molecule has 0 unspecified atom stereocenters. The molecule has 7 heteroatoms. The molecule has 0 saturated carbocycles. The summed E-state index contributed by atoms with van der Waals surface area (Å²) in [6.45, 7) is 12.6. The predicted octanol–water partition coefficient (Wildman–Crippen LogP) is 2.99. The first kappa shape index (κ1) is 20.2. The molecular weight excluding hydrogens is 344 g/mol. The monoisotopic (exact) mass is 374 g/mol. The Morgan fingerprint density at radius 1 is 1.19 bits per heavy atom. The van der Waals surface area contributed by atoms with E-state index >= 15 is 0 Å². The van der Waals surface area contributed by atoms with E-state index in [1.807, 2.05) is 13.1 Å². The minimum atomic E-state index is 0.608. The van der Waals surface area contributed by atoms with Crippen molar-refractivity contribution in [3.05, 3.63) is 40.0 Å². The third kappa shape index (κ3) is 6.29. The lowest BCUT2D eigenvalue weighted by Crippen LogP contribution is -2.38. The van der Waals surface area contributed by atoms with Crippen molar-refractivity contribution in [2.24, 2.45) is 4.99 Å². The van der Waals surface area contributed by atoms with Crippen molar-refractivity contribution < 1.29 is 0 Å². The summed E-state index contributed by atoms with van der Waals surface area (Å²) in [5, 5.41) is 9.88. The lowest BCUT2D eigenvalue weighted by atomic mass is 10.3. The number of nitrogens with one attached hydrogen (secondary N) is 2. The second-order valence-corrected chi connectivity index (χ2v) is 6.99. The van der Waals surface area contributed by atoms with Gasteiger partial charge in [0.05, 0.1) is 17.2 Å². The highest BCUT2D eigenvalue weighted by Gasteiger charge is 2.04. The van der Waals surface area contributed by atoms with E-state index < -0.39 is 0 Å². The number of aryl methyl sites for hydroxylation is 1. The molecular formula is C19H30N6S. The van der Waals surface area contributed by atoms with Gasteiger partial charge >= 0.3 is 0 Å². The summed E-state index contributed by atoms with van der Waals surface area (Å²) in [7, 11) is 0. The molecule has 0 aliphatic carbocycles. The molecule has 0 radical (unpaired) electrons. The smallest absolute Gasteiger partial charge is 0.191 e. The number of nitrogens with zero attached hydrogens (tertiary/aromatic N) is 4. The highest BCUT2D eigenvalue weighted by molar-refractivity contribution is 7.09. The average molecular weight is 375 g/mol. The number of hydrogen-bond acceptors (Lipinski definition) is 5. The first-order valence-corrected chi connectivity index (χ1v) is 10.2. The molecule has 0 amide bonds. The van der Waals surface area contributed by atoms with Crippen molar-refractivity contribution in [2.75, 3.05) is 31.1 Å². The van der Waals surface area contributed by atoms with Gasteiger partial charge in [0.15, 0.2) is 5.96 Å². The number of aliphatic imine (C=N–C) groups is 1. The topological polar surface area (TPSA) is 65.4 Å². The molecule has 142 valence electrons. The van der Waals surface area contributed by atoms with Crippen molar-refractivity contribution in [3.8, 4) is 0 Å². The number of anilines is 1. The van der Waals surface area contributed by atoms with Crippen molar-refractivity contribution in [1.29, 1.82) is 0 Å². The van der Waals surface area contributed by atoms with Crippen LogP contribution in [0.4, 0.5) is 5.82 Å². The van der Waals surface area contributed by atoms with E-state index in [0.29, 0.717) is 6.54 Å². The molecule has 26 heavy (non-hydrogen) atoms. The summed E-state index contributed by atoms with van der Waals surface area (Å²) in [6.07, 6.45) is 2.81. The van der Waals surface area contributed by atoms with E-state index in [1.165, 1.54) is 0 Å². The van der Waals surface area contributed by atoms with Crippen molar-refractivity contribution in [3.63, 3.8) is 0 Å². The largest absolute Gasteiger partial charge is 0.357 e. The van der Waals surface area contributed by atoms with Gasteiger partial charge < -0.3 is 15.5 Å². The zero-order valence-corrected chi connectivity index (χ0v) is 17.1. The highest BCUT2D eigenvalue weighted by Crippen LogP contribution is 2.11. The number of thiazole rings is 1. The van der Waals surface area contributed by atoms with Crippen molar-refractivity contribution in [2.45, 2.75) is 40.7 Å². The summed E-state index contributed by atoms with van der Waals surface area (Å²) in [6, 6.07) is 4.18. The third-order valence-corrected chi connectivity index (χ3v) is 4.82. The van der Waals surface area contributed by atoms with Crippen LogP contribution in [0.5, 0.6) is 0 Å². The summed E-state index contributed by atoms with van der Waals surface area (Å²) < 4.78 is 0. The van der Waals surface area contributed by atoms with Gasteiger partial charge in [-0.05, 0) is 39.3 Å². The van der Waals surface area contributed by atoms with E-state index in [2.05, 4.69) is 68.8 Å². The van der Waals surface area contributed by atoms with Crippen LogP contribution in [0, 0.1) is 6.92 Å². The van der Waals surface area contributed by atoms with Crippen LogP contribution in [0.2, 0.25) is 0 Å². The van der Waals surface area contributed by atoms with Crippen LogP contribution >= 0.6 is 11.3 Å². The maximum absolute atomic E-state index is 4.66. The normalized spacial score (nSPS) is 11.5. The molecule has 2 rings (SSSR count). The van der Waals surface area contributed by atoms with Crippen LogP contribution in [0.3, 0.4) is 0 Å². The molecule has 6 nitrogen and oxygen atoms in total. The van der Waals surface area contributed by atoms with Crippen LogP contribution in [-0.2, 0) is 13.0 Å². The molecule has 0 spiro atoms. The summed E-state index contributed by atoms with van der Waals surface area (Å²) in [5.41, 5.74) is 2.24. The van der Waals surface area contributed by atoms with Gasteiger partial charge in [-0.15, -0.1) is 11.3 Å². The molecule has 2 aromatic rings. The van der Waals surface area contributed by atoms with Crippen LogP contribution in [-0.4, -0.2) is 42.1 Å². The molecule has 0 aliphatic heterocycles. The summed E-state index contributed by atoms with van der Waals surface area (Å²) in [5.74, 6) is 1.85. The van der Waals surface area contributed by atoms with E-state index in [4.69, 9.17) is 0 Å². The van der Waals surface area contributed by atoms with E-state index in [9.17, 15) is 0 Å². The molecule has 2 N–H and O–H groups in total. The second-order valence-electron chi connectivity index (χ2n) is 5.93. The number of guanidine groups is 1. The van der Waals surface area contributed by atoms with Gasteiger partial charge in [-0.1, -0.05) is 6.07 Å². The van der Waals surface area contributed by atoms with Crippen LogP contribution in [0.1, 0.15) is 37.0 Å². The maximum Gasteiger partial charge on any atom is 0.191 e. The first-order chi connectivity index (χ1) is 12.7. The molecule has 0 bridgehead atoms. The molecule has 0 aromatic carbocycles. The van der Waals surface area contributed by atoms with Gasteiger partial charge in [0, 0.05) is 44.2 Å². The lowest BCUT2D eigenvalue weighted by Gasteiger charge is -2.19. The molecule has 2 aromatic heterocycles.